The van der Waals surface area contributed by atoms with Crippen molar-refractivity contribution in [1.29, 1.82) is 0 Å². The van der Waals surface area contributed by atoms with Gasteiger partial charge in [0.2, 0.25) is 17.7 Å². The monoisotopic (exact) mass is 655 g/mol. The number of nitrogens with zero attached hydrogens (tertiary/aromatic N) is 2. The third-order valence-electron chi connectivity index (χ3n) is 10.0. The summed E-state index contributed by atoms with van der Waals surface area (Å²) in [6.45, 7) is 7.40. The van der Waals surface area contributed by atoms with Crippen molar-refractivity contribution in [2.75, 3.05) is 13.2 Å². The molecule has 6 rings (SSSR count). The molecule has 254 valence electrons. The minimum Gasteiger partial charge on any atom is -0.455 e. The third-order valence-corrected chi connectivity index (χ3v) is 10.0. The summed E-state index contributed by atoms with van der Waals surface area (Å²) in [7, 11) is 0. The maximum atomic E-state index is 14.9. The minimum absolute atomic E-state index is 0.194. The highest BCUT2D eigenvalue weighted by Crippen LogP contribution is 2.56. The normalized spacial score (nSPS) is 32.2. The average molecular weight is 656 g/mol. The van der Waals surface area contributed by atoms with Gasteiger partial charge in [0.1, 0.15) is 23.7 Å². The van der Waals surface area contributed by atoms with Crippen LogP contribution >= 0.6 is 0 Å². The van der Waals surface area contributed by atoms with Crippen LogP contribution in [-0.4, -0.2) is 87.1 Å². The summed E-state index contributed by atoms with van der Waals surface area (Å²) < 4.78 is 12.8. The molecule has 2 aromatic carbocycles. The second kappa shape index (κ2) is 13.3. The van der Waals surface area contributed by atoms with Crippen molar-refractivity contribution in [1.82, 2.24) is 15.1 Å². The van der Waals surface area contributed by atoms with E-state index in [1.807, 2.05) is 93.6 Å². The summed E-state index contributed by atoms with van der Waals surface area (Å²) in [6, 6.07) is 16.2. The van der Waals surface area contributed by atoms with Crippen LogP contribution in [0.25, 0.3) is 0 Å². The van der Waals surface area contributed by atoms with Crippen LogP contribution in [0.3, 0.4) is 0 Å². The minimum atomic E-state index is -1.43. The number of carbonyl (C=O) groups is 4. The van der Waals surface area contributed by atoms with Crippen molar-refractivity contribution < 1.29 is 33.8 Å². The van der Waals surface area contributed by atoms with Gasteiger partial charge in [0, 0.05) is 18.5 Å². The fourth-order valence-corrected chi connectivity index (χ4v) is 7.75. The predicted octanol–water partition coefficient (Wildman–Crippen LogP) is 3.51. The zero-order valence-corrected chi connectivity index (χ0v) is 28.0. The van der Waals surface area contributed by atoms with Crippen LogP contribution in [0.15, 0.2) is 85.0 Å². The first kappa shape index (κ1) is 33.6. The lowest BCUT2D eigenvalue weighted by Gasteiger charge is -2.43. The summed E-state index contributed by atoms with van der Waals surface area (Å²) in [5.74, 6) is -3.69. The Labute approximate surface area is 281 Å². The van der Waals surface area contributed by atoms with Crippen LogP contribution < -0.4 is 5.32 Å². The molecule has 2 fully saturated rings. The number of fused-ring (bicyclic) bond motifs is 2. The van der Waals surface area contributed by atoms with Gasteiger partial charge in [-0.2, -0.15) is 0 Å². The van der Waals surface area contributed by atoms with E-state index in [0.29, 0.717) is 18.4 Å². The lowest BCUT2D eigenvalue weighted by molar-refractivity contribution is -0.162. The van der Waals surface area contributed by atoms with Gasteiger partial charge in [0.25, 0.3) is 0 Å². The molecular formula is C38H45N3O7. The Kier molecular flexibility index (Phi) is 9.33. The molecule has 10 heteroatoms. The van der Waals surface area contributed by atoms with Crippen LogP contribution in [0.5, 0.6) is 0 Å². The molecule has 0 saturated carbocycles. The van der Waals surface area contributed by atoms with Gasteiger partial charge in [-0.3, -0.25) is 19.2 Å². The molecular weight excluding hydrogens is 610 g/mol. The number of hydrogen-bond acceptors (Lipinski definition) is 7. The van der Waals surface area contributed by atoms with E-state index in [1.165, 1.54) is 4.90 Å². The molecule has 2 N–H and O–H groups in total. The van der Waals surface area contributed by atoms with Crippen LogP contribution in [-0.2, 0) is 35.1 Å². The van der Waals surface area contributed by atoms with Crippen LogP contribution in [0.2, 0.25) is 0 Å². The highest BCUT2D eigenvalue weighted by molar-refractivity contribution is 5.99. The van der Waals surface area contributed by atoms with Gasteiger partial charge in [-0.15, -0.1) is 0 Å². The molecule has 8 atom stereocenters. The molecule has 0 aliphatic carbocycles. The lowest BCUT2D eigenvalue weighted by Crippen LogP contribution is -2.61. The molecule has 4 aliphatic heterocycles. The number of amides is 3. The molecule has 2 saturated heterocycles. The predicted molar refractivity (Wildman–Crippen MR) is 178 cm³/mol. The number of benzene rings is 2. The average Bonchev–Trinajstić information content (AvgIpc) is 3.71. The Morgan fingerprint density at radius 2 is 1.67 bits per heavy atom. The van der Waals surface area contributed by atoms with E-state index < -0.39 is 71.8 Å². The molecule has 0 aromatic heterocycles. The summed E-state index contributed by atoms with van der Waals surface area (Å²) in [6.07, 6.45) is 6.62. The van der Waals surface area contributed by atoms with Gasteiger partial charge in [-0.1, -0.05) is 85.0 Å². The number of aliphatic hydroxyl groups excluding tert-OH is 1. The largest absolute Gasteiger partial charge is 0.455 e. The highest BCUT2D eigenvalue weighted by Gasteiger charge is 2.74. The summed E-state index contributed by atoms with van der Waals surface area (Å²) in [5.41, 5.74) is -0.498. The second-order valence-electron chi connectivity index (χ2n) is 14.2. The first-order valence-electron chi connectivity index (χ1n) is 16.8. The number of hydrogen-bond donors (Lipinski definition) is 2. The number of aliphatic hydroxyl groups is 1. The van der Waals surface area contributed by atoms with Crippen LogP contribution in [0.4, 0.5) is 0 Å². The molecule has 3 amide bonds. The van der Waals surface area contributed by atoms with Gasteiger partial charge >= 0.3 is 5.97 Å². The Morgan fingerprint density at radius 3 is 2.33 bits per heavy atom. The van der Waals surface area contributed by atoms with Gasteiger partial charge in [-0.05, 0) is 51.7 Å². The van der Waals surface area contributed by atoms with Crippen molar-refractivity contribution in [3.8, 4) is 0 Å². The van der Waals surface area contributed by atoms with Crippen molar-refractivity contribution in [3.05, 3.63) is 96.1 Å². The smallest absolute Gasteiger partial charge is 0.313 e. The van der Waals surface area contributed by atoms with E-state index in [9.17, 15) is 24.3 Å². The van der Waals surface area contributed by atoms with Crippen molar-refractivity contribution >= 4 is 23.7 Å². The van der Waals surface area contributed by atoms with Crippen molar-refractivity contribution in [2.24, 2.45) is 11.8 Å². The van der Waals surface area contributed by atoms with Crippen molar-refractivity contribution in [3.63, 3.8) is 0 Å². The van der Waals surface area contributed by atoms with Crippen LogP contribution in [0, 0.1) is 11.8 Å². The van der Waals surface area contributed by atoms with E-state index in [-0.39, 0.29) is 24.8 Å². The fraction of sp³-hybridized carbons (Fsp3) is 0.474. The first-order valence-corrected chi connectivity index (χ1v) is 16.8. The number of nitrogens with one attached hydrogen (secondary N) is 1. The number of rotatable bonds is 5. The number of ether oxygens (including phenoxy) is 2. The molecule has 48 heavy (non-hydrogen) atoms. The molecule has 4 aliphatic rings. The van der Waals surface area contributed by atoms with Gasteiger partial charge in [0.05, 0.1) is 30.7 Å². The molecule has 0 radical (unpaired) electrons. The van der Waals surface area contributed by atoms with E-state index in [4.69, 9.17) is 9.47 Å². The fourth-order valence-electron chi connectivity index (χ4n) is 7.75. The zero-order valence-electron chi connectivity index (χ0n) is 28.0. The van der Waals surface area contributed by atoms with Crippen LogP contribution in [0.1, 0.15) is 57.8 Å². The maximum absolute atomic E-state index is 14.9. The van der Waals surface area contributed by atoms with E-state index in [2.05, 4.69) is 5.32 Å². The van der Waals surface area contributed by atoms with Gasteiger partial charge < -0.3 is 29.7 Å². The molecule has 4 heterocycles. The van der Waals surface area contributed by atoms with E-state index >= 15 is 0 Å². The van der Waals surface area contributed by atoms with E-state index in [0.717, 1.165) is 5.56 Å². The Bertz CT molecular complexity index is 1590. The topological polar surface area (TPSA) is 125 Å². The molecule has 2 aromatic rings. The van der Waals surface area contributed by atoms with Gasteiger partial charge in [0.15, 0.2) is 0 Å². The number of esters is 1. The molecule has 1 spiro atoms. The summed E-state index contributed by atoms with van der Waals surface area (Å²) in [4.78, 5) is 60.2. The summed E-state index contributed by atoms with van der Waals surface area (Å²) >= 11 is 0. The Hall–Kier alpha value is -4.28. The number of allylic oxidation sites excluding steroid dienone is 1. The zero-order chi connectivity index (χ0) is 34.2. The number of cyclic esters (lactones) is 1. The SMILES string of the molecule is C[C@@H]1NC(=O)CC/C=C\CN(C(C)(C)C)C(=O)[C@H]2N([C@@H](CO)Cc3ccccc3)C(=O)[C@@H]3[C@@H](C(=O)O[C@H]1c1ccccc1)[C@H]1C=C[C@]32O1. The third kappa shape index (κ3) is 6.07. The van der Waals surface area contributed by atoms with E-state index in [1.54, 1.807) is 24.0 Å². The first-order chi connectivity index (χ1) is 23.0. The lowest BCUT2D eigenvalue weighted by atomic mass is 9.74. The number of carbonyl (C=O) groups excluding carboxylic acids is 4. The summed E-state index contributed by atoms with van der Waals surface area (Å²) in [5, 5.41) is 13.8. The molecule has 0 unspecified atom stereocenters. The highest BCUT2D eigenvalue weighted by atomic mass is 16.6. The van der Waals surface area contributed by atoms with Crippen molar-refractivity contribution in [2.45, 2.75) is 88.4 Å². The molecule has 10 nitrogen and oxygen atoms in total. The number of likely N-dealkylation sites (tertiary alicyclic amines) is 1. The Balaban J connectivity index is 1.46. The second-order valence-corrected chi connectivity index (χ2v) is 14.2. The standard InChI is InChI=1S/C38H45N3O7/c1-24-32(26-16-10-6-11-17-26)47-36(46)30-28-19-20-38(48-28)31(30)34(44)41(27(23-42)22-25-14-8-5-9-15-25)33(38)35(45)40(37(2,3)4)21-13-7-12-18-29(43)39-24/h5-11,13-17,19-20,24,27-28,30-33,42H,12,18,21-23H2,1-4H3,(H,39,43)/b13-7-/t24-,27+,28+,30-,31-,32+,33+,38-/m0/s1. The quantitative estimate of drug-likeness (QED) is 0.373. The maximum Gasteiger partial charge on any atom is 0.313 e. The Morgan fingerprint density at radius 1 is 0.979 bits per heavy atom. The molecule has 5 bridgehead atoms. The van der Waals surface area contributed by atoms with Gasteiger partial charge in [-0.25, -0.2) is 0 Å².